The fourth-order valence-electron chi connectivity index (χ4n) is 3.17. The fraction of sp³-hybridized carbons (Fsp3) is 0.0417. The molecule has 0 heterocycles. The lowest BCUT2D eigenvalue weighted by Gasteiger charge is -2.08. The Labute approximate surface area is 179 Å². The maximum Gasteiger partial charge on any atom is 0.261 e. The number of sulfonamides is 1. The summed E-state index contributed by atoms with van der Waals surface area (Å²) in [5.74, 6) is 0.353. The third-order valence-corrected chi connectivity index (χ3v) is 6.13. The van der Waals surface area contributed by atoms with E-state index in [9.17, 15) is 12.8 Å². The maximum absolute atomic E-state index is 13.0. The molecule has 4 rings (SSSR count). The molecule has 0 aliphatic heterocycles. The molecule has 1 N–H and O–H groups in total. The van der Waals surface area contributed by atoms with E-state index in [0.717, 1.165) is 22.1 Å². The molecule has 0 spiro atoms. The van der Waals surface area contributed by atoms with Gasteiger partial charge in [-0.05, 0) is 66.0 Å². The average Bonchev–Trinajstić information content (AvgIpc) is 2.79. The Balaban J connectivity index is 1.56. The van der Waals surface area contributed by atoms with E-state index in [-0.39, 0.29) is 10.6 Å². The molecule has 0 fully saturated rings. The van der Waals surface area contributed by atoms with Crippen LogP contribution in [0.25, 0.3) is 10.8 Å². The standard InChI is InChI=1S/C24H19FN2O3S/c1-30-24-15-6-17(22-4-2-3-5-23(22)24)16-26-19-11-13-21(14-12-19)31(28,29)27-20-9-7-18(25)8-10-20/h2-16,27H,1H3. The van der Waals surface area contributed by atoms with Crippen LogP contribution in [-0.2, 0) is 10.0 Å². The van der Waals surface area contributed by atoms with Crippen molar-refractivity contribution in [2.75, 3.05) is 11.8 Å². The van der Waals surface area contributed by atoms with Gasteiger partial charge in [-0.15, -0.1) is 0 Å². The molecule has 31 heavy (non-hydrogen) atoms. The highest BCUT2D eigenvalue weighted by Crippen LogP contribution is 2.28. The van der Waals surface area contributed by atoms with Crippen LogP contribution in [0.1, 0.15) is 5.56 Å². The Morgan fingerprint density at radius 3 is 2.23 bits per heavy atom. The van der Waals surface area contributed by atoms with Crippen molar-refractivity contribution in [3.63, 3.8) is 0 Å². The highest BCUT2D eigenvalue weighted by atomic mass is 32.2. The van der Waals surface area contributed by atoms with Gasteiger partial charge in [-0.1, -0.05) is 24.3 Å². The number of methoxy groups -OCH3 is 1. The molecule has 0 amide bonds. The maximum atomic E-state index is 13.0. The molecular weight excluding hydrogens is 415 g/mol. The Morgan fingerprint density at radius 2 is 1.55 bits per heavy atom. The molecule has 0 saturated carbocycles. The van der Waals surface area contributed by atoms with Gasteiger partial charge in [0.05, 0.1) is 17.7 Å². The summed E-state index contributed by atoms with van der Waals surface area (Å²) >= 11 is 0. The molecule has 0 aliphatic carbocycles. The molecule has 0 bridgehead atoms. The van der Waals surface area contributed by atoms with Crippen LogP contribution in [0.4, 0.5) is 15.8 Å². The van der Waals surface area contributed by atoms with Crippen LogP contribution in [0.15, 0.2) is 94.8 Å². The van der Waals surface area contributed by atoms with E-state index in [0.29, 0.717) is 5.69 Å². The van der Waals surface area contributed by atoms with Gasteiger partial charge in [0.2, 0.25) is 0 Å². The minimum Gasteiger partial charge on any atom is -0.496 e. The SMILES string of the molecule is COc1ccc(C=Nc2ccc(S(=O)(=O)Nc3ccc(F)cc3)cc2)c2ccccc12. The summed E-state index contributed by atoms with van der Waals surface area (Å²) < 4.78 is 45.9. The zero-order chi connectivity index (χ0) is 21.8. The van der Waals surface area contributed by atoms with Crippen molar-refractivity contribution in [1.29, 1.82) is 0 Å². The van der Waals surface area contributed by atoms with Crippen LogP contribution < -0.4 is 9.46 Å². The summed E-state index contributed by atoms with van der Waals surface area (Å²) in [5.41, 5.74) is 1.82. The van der Waals surface area contributed by atoms with E-state index < -0.39 is 15.8 Å². The number of nitrogens with one attached hydrogen (secondary N) is 1. The predicted octanol–water partition coefficient (Wildman–Crippen LogP) is 5.54. The van der Waals surface area contributed by atoms with E-state index in [1.54, 1.807) is 25.5 Å². The normalized spacial score (nSPS) is 11.7. The summed E-state index contributed by atoms with van der Waals surface area (Å²) in [6.45, 7) is 0. The third kappa shape index (κ3) is 4.57. The fourth-order valence-corrected chi connectivity index (χ4v) is 4.23. The van der Waals surface area contributed by atoms with Crippen molar-refractivity contribution >= 4 is 38.4 Å². The zero-order valence-electron chi connectivity index (χ0n) is 16.6. The number of hydrogen-bond acceptors (Lipinski definition) is 4. The smallest absolute Gasteiger partial charge is 0.261 e. The Bertz CT molecular complexity index is 1350. The van der Waals surface area contributed by atoms with Gasteiger partial charge in [0.1, 0.15) is 11.6 Å². The molecule has 0 aliphatic rings. The van der Waals surface area contributed by atoms with Gasteiger partial charge in [-0.3, -0.25) is 9.71 Å². The summed E-state index contributed by atoms with van der Waals surface area (Å²) in [4.78, 5) is 4.56. The van der Waals surface area contributed by atoms with Crippen molar-refractivity contribution in [2.45, 2.75) is 4.90 Å². The first-order valence-corrected chi connectivity index (χ1v) is 10.9. The van der Waals surface area contributed by atoms with Crippen LogP contribution in [0.5, 0.6) is 5.75 Å². The van der Waals surface area contributed by atoms with E-state index >= 15 is 0 Å². The molecule has 4 aromatic carbocycles. The van der Waals surface area contributed by atoms with Crippen molar-refractivity contribution < 1.29 is 17.5 Å². The van der Waals surface area contributed by atoms with E-state index in [4.69, 9.17) is 4.74 Å². The highest BCUT2D eigenvalue weighted by Gasteiger charge is 2.14. The Hall–Kier alpha value is -3.71. The number of benzene rings is 4. The van der Waals surface area contributed by atoms with Gasteiger partial charge in [-0.2, -0.15) is 0 Å². The molecule has 156 valence electrons. The van der Waals surface area contributed by atoms with Crippen LogP contribution in [0, 0.1) is 5.82 Å². The zero-order valence-corrected chi connectivity index (χ0v) is 17.4. The minimum atomic E-state index is -3.78. The van der Waals surface area contributed by atoms with Crippen LogP contribution >= 0.6 is 0 Å². The number of fused-ring (bicyclic) bond motifs is 1. The molecule has 5 nitrogen and oxygen atoms in total. The van der Waals surface area contributed by atoms with Gasteiger partial charge in [0.15, 0.2) is 0 Å². The molecule has 4 aromatic rings. The topological polar surface area (TPSA) is 67.8 Å². The second kappa shape index (κ2) is 8.57. The van der Waals surface area contributed by atoms with Gasteiger partial charge in [0.25, 0.3) is 10.0 Å². The van der Waals surface area contributed by atoms with Gasteiger partial charge in [-0.25, -0.2) is 12.8 Å². The number of nitrogens with zero attached hydrogens (tertiary/aromatic N) is 1. The van der Waals surface area contributed by atoms with Crippen molar-refractivity contribution in [3.05, 3.63) is 96.3 Å². The van der Waals surface area contributed by atoms with Gasteiger partial charge in [0, 0.05) is 22.9 Å². The number of rotatable bonds is 6. The van der Waals surface area contributed by atoms with Crippen LogP contribution in [0.3, 0.4) is 0 Å². The van der Waals surface area contributed by atoms with Gasteiger partial charge < -0.3 is 4.74 Å². The lowest BCUT2D eigenvalue weighted by Crippen LogP contribution is -2.12. The monoisotopic (exact) mass is 434 g/mol. The van der Waals surface area contributed by atoms with Crippen molar-refractivity contribution in [1.82, 2.24) is 0 Å². The number of halogens is 1. The second-order valence-electron chi connectivity index (χ2n) is 6.77. The number of aliphatic imine (C=N–C) groups is 1. The summed E-state index contributed by atoms with van der Waals surface area (Å²) in [6, 6.07) is 23.0. The predicted molar refractivity (Wildman–Crippen MR) is 121 cm³/mol. The van der Waals surface area contributed by atoms with Crippen LogP contribution in [-0.4, -0.2) is 21.7 Å². The highest BCUT2D eigenvalue weighted by molar-refractivity contribution is 7.92. The molecule has 0 radical (unpaired) electrons. The minimum absolute atomic E-state index is 0.0886. The quantitative estimate of drug-likeness (QED) is 0.405. The summed E-state index contributed by atoms with van der Waals surface area (Å²) in [6.07, 6.45) is 1.74. The number of ether oxygens (including phenoxy) is 1. The van der Waals surface area contributed by atoms with Crippen LogP contribution in [0.2, 0.25) is 0 Å². The molecule has 0 aromatic heterocycles. The molecule has 0 unspecified atom stereocenters. The number of anilines is 1. The average molecular weight is 434 g/mol. The molecular formula is C24H19FN2O3S. The Morgan fingerprint density at radius 1 is 0.871 bits per heavy atom. The first-order chi connectivity index (χ1) is 15.0. The molecule has 0 atom stereocenters. The number of hydrogen-bond donors (Lipinski definition) is 1. The summed E-state index contributed by atoms with van der Waals surface area (Å²) in [7, 11) is -2.15. The van der Waals surface area contributed by atoms with E-state index in [1.165, 1.54) is 36.4 Å². The third-order valence-electron chi connectivity index (χ3n) is 4.73. The van der Waals surface area contributed by atoms with E-state index in [2.05, 4.69) is 9.71 Å². The molecule has 0 saturated heterocycles. The van der Waals surface area contributed by atoms with Crippen molar-refractivity contribution in [3.8, 4) is 5.75 Å². The molecule has 7 heteroatoms. The van der Waals surface area contributed by atoms with Gasteiger partial charge >= 0.3 is 0 Å². The second-order valence-corrected chi connectivity index (χ2v) is 8.45. The van der Waals surface area contributed by atoms with E-state index in [1.807, 2.05) is 36.4 Å². The summed E-state index contributed by atoms with van der Waals surface area (Å²) in [5, 5.41) is 2.00. The Kier molecular flexibility index (Phi) is 5.68. The lowest BCUT2D eigenvalue weighted by atomic mass is 10.0. The lowest BCUT2D eigenvalue weighted by molar-refractivity contribution is 0.420. The van der Waals surface area contributed by atoms with Crippen molar-refractivity contribution in [2.24, 2.45) is 4.99 Å². The first kappa shape index (κ1) is 20.6. The first-order valence-electron chi connectivity index (χ1n) is 9.44. The largest absolute Gasteiger partial charge is 0.496 e.